The van der Waals surface area contributed by atoms with E-state index in [2.05, 4.69) is 11.4 Å². The number of likely N-dealkylation sites (N-methyl/N-ethyl adjacent to an activating group) is 1. The Morgan fingerprint density at radius 3 is 3.00 bits per heavy atom. The van der Waals surface area contributed by atoms with E-state index in [1.165, 1.54) is 0 Å². The van der Waals surface area contributed by atoms with E-state index in [4.69, 9.17) is 5.73 Å². The molecular weight excluding hydrogens is 244 g/mol. The Bertz CT molecular complexity index is 394. The molecule has 0 aromatic carbocycles. The summed E-state index contributed by atoms with van der Waals surface area (Å²) in [5, 5.41) is 3.12. The Hall–Kier alpha value is -1.40. The topological polar surface area (TPSA) is 78.7 Å². The van der Waals surface area contributed by atoms with E-state index >= 15 is 0 Å². The van der Waals surface area contributed by atoms with Crippen molar-refractivity contribution in [2.45, 2.75) is 25.3 Å². The Morgan fingerprint density at radius 1 is 1.58 bits per heavy atom. The molecule has 2 rings (SSSR count). The second kappa shape index (κ2) is 6.16. The molecular formula is C13H22N4O2. The van der Waals surface area contributed by atoms with Crippen LogP contribution in [0.1, 0.15) is 19.3 Å². The van der Waals surface area contributed by atoms with Crippen LogP contribution in [0.15, 0.2) is 11.8 Å². The molecule has 1 aliphatic heterocycles. The zero-order valence-electron chi connectivity index (χ0n) is 11.4. The van der Waals surface area contributed by atoms with Crippen LogP contribution in [0.5, 0.6) is 0 Å². The molecule has 0 bridgehead atoms. The number of amides is 2. The summed E-state index contributed by atoms with van der Waals surface area (Å²) >= 11 is 0. The highest BCUT2D eigenvalue weighted by molar-refractivity contribution is 5.83. The van der Waals surface area contributed by atoms with Crippen LogP contribution >= 0.6 is 0 Å². The van der Waals surface area contributed by atoms with E-state index in [1.807, 2.05) is 4.90 Å². The quantitative estimate of drug-likeness (QED) is 0.703. The third-order valence-electron chi connectivity index (χ3n) is 3.84. The summed E-state index contributed by atoms with van der Waals surface area (Å²) in [4.78, 5) is 27.2. The molecule has 1 fully saturated rings. The third kappa shape index (κ3) is 3.33. The molecule has 3 N–H and O–H groups in total. The van der Waals surface area contributed by atoms with Crippen LogP contribution in [0, 0.1) is 0 Å². The van der Waals surface area contributed by atoms with Gasteiger partial charge in [-0.15, -0.1) is 0 Å². The number of nitrogens with one attached hydrogen (secondary N) is 1. The number of rotatable bonds is 4. The number of nitrogens with two attached hydrogens (primary N) is 1. The van der Waals surface area contributed by atoms with Gasteiger partial charge in [-0.3, -0.25) is 14.5 Å². The predicted octanol–water partition coefficient (Wildman–Crippen LogP) is -0.728. The molecule has 1 heterocycles. The second-order valence-corrected chi connectivity index (χ2v) is 5.13. The Kier molecular flexibility index (Phi) is 4.55. The average molecular weight is 266 g/mol. The largest absolute Gasteiger partial charge is 0.368 e. The predicted molar refractivity (Wildman–Crippen MR) is 72.1 cm³/mol. The molecule has 0 aromatic heterocycles. The highest BCUT2D eigenvalue weighted by Gasteiger charge is 2.29. The van der Waals surface area contributed by atoms with Crippen molar-refractivity contribution in [1.82, 2.24) is 15.1 Å². The fourth-order valence-corrected chi connectivity index (χ4v) is 2.61. The summed E-state index contributed by atoms with van der Waals surface area (Å²) in [6.45, 7) is 2.23. The molecule has 0 spiro atoms. The van der Waals surface area contributed by atoms with Gasteiger partial charge in [-0.25, -0.2) is 0 Å². The number of nitrogens with zero attached hydrogens (tertiary/aromatic N) is 2. The van der Waals surface area contributed by atoms with E-state index in [-0.39, 0.29) is 24.4 Å². The third-order valence-corrected chi connectivity index (χ3v) is 3.84. The van der Waals surface area contributed by atoms with Crippen molar-refractivity contribution >= 4 is 11.8 Å². The lowest BCUT2D eigenvalue weighted by Gasteiger charge is -2.34. The molecule has 19 heavy (non-hydrogen) atoms. The lowest BCUT2D eigenvalue weighted by atomic mass is 10.2. The fraction of sp³-hybridized carbons (Fsp3) is 0.692. The molecule has 6 heteroatoms. The van der Waals surface area contributed by atoms with Crippen LogP contribution in [0.3, 0.4) is 0 Å². The standard InChI is InChI=1S/C13H22N4O2/c1-16(10-4-2-3-5-10)12(18)9-17-7-6-15-8-11(17)13(14)19/h4,11,15H,2-3,5-9H2,1H3,(H2,14,19). The molecule has 106 valence electrons. The summed E-state index contributed by atoms with van der Waals surface area (Å²) in [6, 6.07) is -0.386. The first-order valence-corrected chi connectivity index (χ1v) is 6.79. The maximum Gasteiger partial charge on any atom is 0.240 e. The molecule has 1 unspecified atom stereocenters. The number of allylic oxidation sites excluding steroid dienone is 2. The van der Waals surface area contributed by atoms with Gasteiger partial charge < -0.3 is 16.0 Å². The van der Waals surface area contributed by atoms with Gasteiger partial charge in [0.2, 0.25) is 11.8 Å². The monoisotopic (exact) mass is 266 g/mol. The zero-order chi connectivity index (χ0) is 13.8. The SMILES string of the molecule is CN(C(=O)CN1CCNCC1C(N)=O)C1=CCCC1. The van der Waals surface area contributed by atoms with E-state index < -0.39 is 0 Å². The molecule has 2 aliphatic rings. The highest BCUT2D eigenvalue weighted by atomic mass is 16.2. The van der Waals surface area contributed by atoms with Crippen molar-refractivity contribution < 1.29 is 9.59 Å². The first kappa shape index (κ1) is 14.0. The fourth-order valence-electron chi connectivity index (χ4n) is 2.61. The minimum Gasteiger partial charge on any atom is -0.368 e. The van der Waals surface area contributed by atoms with Gasteiger partial charge in [-0.2, -0.15) is 0 Å². The maximum absolute atomic E-state index is 12.2. The van der Waals surface area contributed by atoms with E-state index in [1.54, 1.807) is 11.9 Å². The normalized spacial score (nSPS) is 24.1. The average Bonchev–Trinajstić information content (AvgIpc) is 2.92. The van der Waals surface area contributed by atoms with Crippen molar-refractivity contribution in [3.63, 3.8) is 0 Å². The van der Waals surface area contributed by atoms with Gasteiger partial charge in [0.15, 0.2) is 0 Å². The molecule has 1 aliphatic carbocycles. The second-order valence-electron chi connectivity index (χ2n) is 5.13. The Morgan fingerprint density at radius 2 is 2.37 bits per heavy atom. The first-order valence-electron chi connectivity index (χ1n) is 6.79. The molecule has 0 radical (unpaired) electrons. The highest BCUT2D eigenvalue weighted by Crippen LogP contribution is 2.20. The lowest BCUT2D eigenvalue weighted by molar-refractivity contribution is -0.132. The number of carbonyl (C=O) groups excluding carboxylic acids is 2. The Labute approximate surface area is 113 Å². The summed E-state index contributed by atoms with van der Waals surface area (Å²) in [7, 11) is 1.81. The molecule has 1 atom stereocenters. The minimum absolute atomic E-state index is 0.0290. The van der Waals surface area contributed by atoms with Crippen molar-refractivity contribution in [2.75, 3.05) is 33.2 Å². The summed E-state index contributed by atoms with van der Waals surface area (Å²) in [5.41, 5.74) is 6.47. The number of carbonyl (C=O) groups is 2. The van der Waals surface area contributed by atoms with Crippen molar-refractivity contribution in [3.8, 4) is 0 Å². The van der Waals surface area contributed by atoms with Crippen LogP contribution in [-0.2, 0) is 9.59 Å². The molecule has 0 saturated carbocycles. The van der Waals surface area contributed by atoms with Crippen LogP contribution in [0.2, 0.25) is 0 Å². The lowest BCUT2D eigenvalue weighted by Crippen LogP contribution is -2.58. The van der Waals surface area contributed by atoms with E-state index in [0.29, 0.717) is 13.1 Å². The van der Waals surface area contributed by atoms with Gasteiger partial charge in [-0.1, -0.05) is 6.08 Å². The smallest absolute Gasteiger partial charge is 0.240 e. The van der Waals surface area contributed by atoms with Gasteiger partial charge in [0.25, 0.3) is 0 Å². The molecule has 2 amide bonds. The number of primary amides is 1. The van der Waals surface area contributed by atoms with E-state index in [0.717, 1.165) is 31.5 Å². The summed E-state index contributed by atoms with van der Waals surface area (Å²) in [6.07, 6.45) is 5.24. The number of hydrogen-bond donors (Lipinski definition) is 2. The van der Waals surface area contributed by atoms with E-state index in [9.17, 15) is 9.59 Å². The first-order chi connectivity index (χ1) is 9.09. The molecule has 0 aromatic rings. The van der Waals surface area contributed by atoms with Crippen LogP contribution in [-0.4, -0.2) is 60.9 Å². The summed E-state index contributed by atoms with van der Waals surface area (Å²) < 4.78 is 0. The van der Waals surface area contributed by atoms with Crippen molar-refractivity contribution in [3.05, 3.63) is 11.8 Å². The Balaban J connectivity index is 1.94. The van der Waals surface area contributed by atoms with Gasteiger partial charge >= 0.3 is 0 Å². The van der Waals surface area contributed by atoms with Gasteiger partial charge in [0, 0.05) is 32.4 Å². The summed E-state index contributed by atoms with van der Waals surface area (Å²) in [5.74, 6) is -0.343. The van der Waals surface area contributed by atoms with Crippen LogP contribution in [0.25, 0.3) is 0 Å². The minimum atomic E-state index is -0.386. The van der Waals surface area contributed by atoms with Crippen LogP contribution in [0.4, 0.5) is 0 Å². The van der Waals surface area contributed by atoms with Crippen molar-refractivity contribution in [1.29, 1.82) is 0 Å². The van der Waals surface area contributed by atoms with Gasteiger partial charge in [-0.05, 0) is 19.3 Å². The van der Waals surface area contributed by atoms with Crippen molar-refractivity contribution in [2.24, 2.45) is 5.73 Å². The maximum atomic E-state index is 12.2. The molecule has 6 nitrogen and oxygen atoms in total. The number of piperazine rings is 1. The zero-order valence-corrected chi connectivity index (χ0v) is 11.4. The van der Waals surface area contributed by atoms with Gasteiger partial charge in [0.1, 0.15) is 6.04 Å². The number of hydrogen-bond acceptors (Lipinski definition) is 4. The molecule has 1 saturated heterocycles. The van der Waals surface area contributed by atoms with Crippen LogP contribution < -0.4 is 11.1 Å². The van der Waals surface area contributed by atoms with Gasteiger partial charge in [0.05, 0.1) is 6.54 Å².